The van der Waals surface area contributed by atoms with Crippen LogP contribution in [0.1, 0.15) is 23.3 Å². The molecule has 0 spiro atoms. The number of carboxylic acids is 1. The van der Waals surface area contributed by atoms with Gasteiger partial charge in [-0.2, -0.15) is 0 Å². The Morgan fingerprint density at radius 1 is 1.71 bits per heavy atom. The average molecular weight is 196 g/mol. The lowest BCUT2D eigenvalue weighted by atomic mass is 9.81. The summed E-state index contributed by atoms with van der Waals surface area (Å²) in [6.07, 6.45) is 3.43. The molecule has 2 rings (SSSR count). The minimum absolute atomic E-state index is 0.00591. The van der Waals surface area contributed by atoms with E-state index in [-0.39, 0.29) is 5.69 Å². The molecule has 1 heterocycles. The molecule has 0 bridgehead atoms. The Labute approximate surface area is 80.7 Å². The first-order valence-electron chi connectivity index (χ1n) is 4.54. The van der Waals surface area contributed by atoms with Crippen molar-refractivity contribution in [2.75, 3.05) is 0 Å². The van der Waals surface area contributed by atoms with Crippen molar-refractivity contribution in [3.8, 4) is 0 Å². The molecule has 1 saturated carbocycles. The van der Waals surface area contributed by atoms with Crippen molar-refractivity contribution in [1.82, 2.24) is 15.0 Å². The van der Waals surface area contributed by atoms with Crippen molar-refractivity contribution < 1.29 is 9.90 Å². The third-order valence-electron chi connectivity index (χ3n) is 2.48. The third-order valence-corrected chi connectivity index (χ3v) is 2.48. The highest BCUT2D eigenvalue weighted by Gasteiger charge is 2.26. The second-order valence-electron chi connectivity index (χ2n) is 3.73. The van der Waals surface area contributed by atoms with E-state index in [0.717, 1.165) is 12.8 Å². The van der Waals surface area contributed by atoms with Gasteiger partial charge in [0.1, 0.15) is 0 Å². The van der Waals surface area contributed by atoms with E-state index in [0.29, 0.717) is 18.5 Å². The molecule has 1 aromatic heterocycles. The Morgan fingerprint density at radius 2 is 2.43 bits per heavy atom. The molecule has 1 aromatic rings. The first-order valence-corrected chi connectivity index (χ1v) is 4.54. The molecule has 1 fully saturated rings. The van der Waals surface area contributed by atoms with Crippen LogP contribution in [0.4, 0.5) is 0 Å². The summed E-state index contributed by atoms with van der Waals surface area (Å²) >= 11 is 0. The second kappa shape index (κ2) is 3.38. The van der Waals surface area contributed by atoms with Gasteiger partial charge in [0.15, 0.2) is 5.69 Å². The molecule has 1 aliphatic rings. The van der Waals surface area contributed by atoms with Crippen LogP contribution < -0.4 is 5.73 Å². The summed E-state index contributed by atoms with van der Waals surface area (Å²) in [5.41, 5.74) is 5.63. The summed E-state index contributed by atoms with van der Waals surface area (Å²) in [4.78, 5) is 10.5. The van der Waals surface area contributed by atoms with Crippen LogP contribution in [0.5, 0.6) is 0 Å². The fourth-order valence-corrected chi connectivity index (χ4v) is 1.69. The first kappa shape index (κ1) is 9.14. The Hall–Kier alpha value is -1.43. The van der Waals surface area contributed by atoms with Crippen LogP contribution in [0.3, 0.4) is 0 Å². The van der Waals surface area contributed by atoms with E-state index in [2.05, 4.69) is 10.3 Å². The van der Waals surface area contributed by atoms with Crippen LogP contribution in [-0.2, 0) is 6.54 Å². The molecule has 0 unspecified atom stereocenters. The average Bonchev–Trinajstić information content (AvgIpc) is 2.50. The molecule has 0 amide bonds. The molecule has 0 saturated heterocycles. The standard InChI is InChI=1S/C8H12N4O2/c9-6-1-5(2-6)3-12-4-7(8(13)14)10-11-12/h4-6H,1-3,9H2,(H,13,14). The molecular weight excluding hydrogens is 184 g/mol. The number of carboxylic acid groups (broad SMARTS) is 1. The zero-order chi connectivity index (χ0) is 10.1. The van der Waals surface area contributed by atoms with Crippen LogP contribution in [0.2, 0.25) is 0 Å². The maximum Gasteiger partial charge on any atom is 0.358 e. The second-order valence-corrected chi connectivity index (χ2v) is 3.73. The number of hydrogen-bond donors (Lipinski definition) is 2. The van der Waals surface area contributed by atoms with Crippen molar-refractivity contribution in [2.45, 2.75) is 25.4 Å². The number of aromatic nitrogens is 3. The van der Waals surface area contributed by atoms with Gasteiger partial charge in [-0.25, -0.2) is 4.79 Å². The molecule has 14 heavy (non-hydrogen) atoms. The third kappa shape index (κ3) is 1.74. The summed E-state index contributed by atoms with van der Waals surface area (Å²) in [7, 11) is 0. The van der Waals surface area contributed by atoms with Gasteiger partial charge in [-0.15, -0.1) is 5.10 Å². The van der Waals surface area contributed by atoms with Gasteiger partial charge in [-0.05, 0) is 18.8 Å². The van der Waals surface area contributed by atoms with Gasteiger partial charge >= 0.3 is 5.97 Å². The number of aromatic carboxylic acids is 1. The van der Waals surface area contributed by atoms with Crippen LogP contribution in [0.25, 0.3) is 0 Å². The van der Waals surface area contributed by atoms with Crippen molar-refractivity contribution >= 4 is 5.97 Å². The van der Waals surface area contributed by atoms with Gasteiger partial charge in [0, 0.05) is 12.6 Å². The SMILES string of the molecule is NC1CC(Cn2cc(C(=O)O)nn2)C1. The number of nitrogens with zero attached hydrogens (tertiary/aromatic N) is 3. The molecule has 0 atom stereocenters. The molecule has 0 aromatic carbocycles. The number of rotatable bonds is 3. The summed E-state index contributed by atoms with van der Waals surface area (Å²) < 4.78 is 1.57. The predicted octanol–water partition coefficient (Wildman–Crippen LogP) is -0.286. The monoisotopic (exact) mass is 196 g/mol. The van der Waals surface area contributed by atoms with Crippen molar-refractivity contribution in [3.63, 3.8) is 0 Å². The molecular formula is C8H12N4O2. The van der Waals surface area contributed by atoms with Gasteiger partial charge < -0.3 is 10.8 Å². The van der Waals surface area contributed by atoms with Gasteiger partial charge in [0.05, 0.1) is 6.20 Å². The lowest BCUT2D eigenvalue weighted by Gasteiger charge is -2.31. The summed E-state index contributed by atoms with van der Waals surface area (Å²) in [5, 5.41) is 15.9. The first-order chi connectivity index (χ1) is 6.65. The molecule has 6 nitrogen and oxygen atoms in total. The summed E-state index contributed by atoms with van der Waals surface area (Å²) in [5.74, 6) is -0.519. The predicted molar refractivity (Wildman–Crippen MR) is 47.7 cm³/mol. The van der Waals surface area contributed by atoms with E-state index >= 15 is 0 Å². The largest absolute Gasteiger partial charge is 0.476 e. The van der Waals surface area contributed by atoms with Gasteiger partial charge in [-0.1, -0.05) is 5.21 Å². The highest BCUT2D eigenvalue weighted by atomic mass is 16.4. The van der Waals surface area contributed by atoms with Crippen LogP contribution in [-0.4, -0.2) is 32.1 Å². The molecule has 6 heteroatoms. The van der Waals surface area contributed by atoms with E-state index in [1.165, 1.54) is 6.20 Å². The summed E-state index contributed by atoms with van der Waals surface area (Å²) in [6.45, 7) is 0.716. The zero-order valence-electron chi connectivity index (χ0n) is 7.63. The summed E-state index contributed by atoms with van der Waals surface area (Å²) in [6, 6.07) is 0.308. The molecule has 76 valence electrons. The van der Waals surface area contributed by atoms with Crippen molar-refractivity contribution in [2.24, 2.45) is 11.7 Å². The number of nitrogens with two attached hydrogens (primary N) is 1. The van der Waals surface area contributed by atoms with Crippen LogP contribution >= 0.6 is 0 Å². The highest BCUT2D eigenvalue weighted by molar-refractivity contribution is 5.84. The maximum atomic E-state index is 10.5. The topological polar surface area (TPSA) is 94.0 Å². The Kier molecular flexibility index (Phi) is 2.20. The van der Waals surface area contributed by atoms with Crippen LogP contribution in [0, 0.1) is 5.92 Å². The van der Waals surface area contributed by atoms with Gasteiger partial charge in [0.2, 0.25) is 0 Å². The maximum absolute atomic E-state index is 10.5. The van der Waals surface area contributed by atoms with Gasteiger partial charge in [-0.3, -0.25) is 4.68 Å². The minimum Gasteiger partial charge on any atom is -0.476 e. The molecule has 3 N–H and O–H groups in total. The zero-order valence-corrected chi connectivity index (χ0v) is 7.63. The Morgan fingerprint density at radius 3 is 2.93 bits per heavy atom. The quantitative estimate of drug-likeness (QED) is 0.693. The fraction of sp³-hybridized carbons (Fsp3) is 0.625. The smallest absolute Gasteiger partial charge is 0.358 e. The van der Waals surface area contributed by atoms with Crippen LogP contribution in [0.15, 0.2) is 6.20 Å². The molecule has 0 radical (unpaired) electrons. The molecule has 1 aliphatic carbocycles. The number of hydrogen-bond acceptors (Lipinski definition) is 4. The lowest BCUT2D eigenvalue weighted by molar-refractivity contribution is 0.0690. The Bertz CT molecular complexity index is 343. The van der Waals surface area contributed by atoms with E-state index in [1.54, 1.807) is 4.68 Å². The van der Waals surface area contributed by atoms with E-state index < -0.39 is 5.97 Å². The van der Waals surface area contributed by atoms with Crippen molar-refractivity contribution in [3.05, 3.63) is 11.9 Å². The Balaban J connectivity index is 1.93. The highest BCUT2D eigenvalue weighted by Crippen LogP contribution is 2.26. The van der Waals surface area contributed by atoms with E-state index in [1.807, 2.05) is 0 Å². The molecule has 0 aliphatic heterocycles. The fourth-order valence-electron chi connectivity index (χ4n) is 1.69. The minimum atomic E-state index is -1.04. The normalized spacial score (nSPS) is 25.8. The van der Waals surface area contributed by atoms with Gasteiger partial charge in [0.25, 0.3) is 0 Å². The van der Waals surface area contributed by atoms with Crippen molar-refractivity contribution in [1.29, 1.82) is 0 Å². The lowest BCUT2D eigenvalue weighted by Crippen LogP contribution is -2.38. The van der Waals surface area contributed by atoms with E-state index in [9.17, 15) is 4.79 Å². The number of carbonyl (C=O) groups is 1. The van der Waals surface area contributed by atoms with E-state index in [4.69, 9.17) is 10.8 Å².